The maximum Gasteiger partial charge on any atom is 0.315 e. The van der Waals surface area contributed by atoms with E-state index in [2.05, 4.69) is 15.6 Å². The minimum Gasteiger partial charge on any atom is -0.318 e. The predicted octanol–water partition coefficient (Wildman–Crippen LogP) is 2.93. The summed E-state index contributed by atoms with van der Waals surface area (Å²) in [7, 11) is 0. The van der Waals surface area contributed by atoms with E-state index in [4.69, 9.17) is 11.6 Å². The van der Waals surface area contributed by atoms with Crippen LogP contribution < -0.4 is 10.6 Å². The van der Waals surface area contributed by atoms with Gasteiger partial charge in [0.2, 0.25) is 0 Å². The van der Waals surface area contributed by atoms with Gasteiger partial charge >= 0.3 is 11.8 Å². The molecule has 1 aromatic carbocycles. The lowest BCUT2D eigenvalue weighted by Gasteiger charge is -2.07. The first-order valence-electron chi connectivity index (χ1n) is 6.28. The largest absolute Gasteiger partial charge is 0.318 e. The van der Waals surface area contributed by atoms with E-state index < -0.39 is 11.8 Å². The summed E-state index contributed by atoms with van der Waals surface area (Å²) in [5.74, 6) is -1.24. The number of nitrogens with zero attached hydrogens (tertiary/aromatic N) is 1. The quantitative estimate of drug-likeness (QED) is 0.838. The van der Waals surface area contributed by atoms with Crippen LogP contribution in [-0.2, 0) is 9.59 Å². The Labute approximate surface area is 127 Å². The average molecular weight is 304 g/mol. The van der Waals surface area contributed by atoms with Crippen LogP contribution in [0.4, 0.5) is 11.5 Å². The second-order valence-corrected chi connectivity index (χ2v) is 4.94. The molecule has 0 bridgehead atoms. The molecule has 6 heteroatoms. The number of hydrogen-bond donors (Lipinski definition) is 2. The van der Waals surface area contributed by atoms with Gasteiger partial charge in [-0.05, 0) is 43.7 Å². The van der Waals surface area contributed by atoms with Gasteiger partial charge in [-0.2, -0.15) is 0 Å². The number of carbonyl (C=O) groups excluding carboxylic acids is 2. The van der Waals surface area contributed by atoms with Crippen molar-refractivity contribution in [3.63, 3.8) is 0 Å². The molecule has 2 rings (SSSR count). The first-order chi connectivity index (χ1) is 9.95. The molecule has 0 saturated heterocycles. The molecule has 0 aliphatic heterocycles. The topological polar surface area (TPSA) is 71.1 Å². The lowest BCUT2D eigenvalue weighted by Crippen LogP contribution is -2.29. The molecule has 2 amide bonds. The van der Waals surface area contributed by atoms with E-state index in [0.717, 1.165) is 11.3 Å². The van der Waals surface area contributed by atoms with Crippen LogP contribution in [0.5, 0.6) is 0 Å². The zero-order valence-electron chi connectivity index (χ0n) is 11.6. The van der Waals surface area contributed by atoms with E-state index in [9.17, 15) is 9.59 Å². The zero-order valence-corrected chi connectivity index (χ0v) is 12.4. The highest BCUT2D eigenvalue weighted by Gasteiger charge is 2.14. The van der Waals surface area contributed by atoms with Crippen LogP contribution in [-0.4, -0.2) is 16.8 Å². The summed E-state index contributed by atoms with van der Waals surface area (Å²) in [4.78, 5) is 27.7. The van der Waals surface area contributed by atoms with Crippen LogP contribution in [0, 0.1) is 13.8 Å². The molecule has 5 nitrogen and oxygen atoms in total. The number of benzene rings is 1. The lowest BCUT2D eigenvalue weighted by atomic mass is 10.2. The molecule has 1 aromatic heterocycles. The Bertz CT molecular complexity index is 701. The summed E-state index contributed by atoms with van der Waals surface area (Å²) < 4.78 is 0. The summed E-state index contributed by atoms with van der Waals surface area (Å²) in [5, 5.41) is 5.44. The molecule has 2 aromatic rings. The Kier molecular flexibility index (Phi) is 4.55. The molecule has 108 valence electrons. The third-order valence-corrected chi connectivity index (χ3v) is 3.17. The molecule has 0 atom stereocenters. The molecule has 21 heavy (non-hydrogen) atoms. The highest BCUT2D eigenvalue weighted by molar-refractivity contribution is 6.43. The van der Waals surface area contributed by atoms with Crippen molar-refractivity contribution in [1.29, 1.82) is 0 Å². The number of aryl methyl sites for hydroxylation is 2. The number of pyridine rings is 1. The Morgan fingerprint density at radius 3 is 2.43 bits per heavy atom. The number of hydrogen-bond acceptors (Lipinski definition) is 3. The smallest absolute Gasteiger partial charge is 0.315 e. The van der Waals surface area contributed by atoms with E-state index >= 15 is 0 Å². The van der Waals surface area contributed by atoms with Gasteiger partial charge in [0.25, 0.3) is 0 Å². The molecule has 0 spiro atoms. The third kappa shape index (κ3) is 4.03. The second-order valence-electron chi connectivity index (χ2n) is 4.54. The highest BCUT2D eigenvalue weighted by Crippen LogP contribution is 2.19. The highest BCUT2D eigenvalue weighted by atomic mass is 35.5. The fourth-order valence-corrected chi connectivity index (χ4v) is 1.82. The normalized spacial score (nSPS) is 10.0. The minimum atomic E-state index is -0.787. The molecular formula is C15H14ClN3O2. The summed E-state index contributed by atoms with van der Waals surface area (Å²) in [6, 6.07) is 10.2. The van der Waals surface area contributed by atoms with Crippen LogP contribution in [0.25, 0.3) is 0 Å². The molecule has 0 saturated carbocycles. The number of rotatable bonds is 2. The van der Waals surface area contributed by atoms with Gasteiger partial charge in [-0.1, -0.05) is 23.7 Å². The molecule has 0 aliphatic rings. The van der Waals surface area contributed by atoms with Crippen molar-refractivity contribution < 1.29 is 9.59 Å². The fourth-order valence-electron chi connectivity index (χ4n) is 1.64. The van der Waals surface area contributed by atoms with Gasteiger partial charge in [0, 0.05) is 16.4 Å². The number of aromatic nitrogens is 1. The maximum absolute atomic E-state index is 11.8. The van der Waals surface area contributed by atoms with Gasteiger partial charge in [-0.15, -0.1) is 0 Å². The Morgan fingerprint density at radius 2 is 1.76 bits per heavy atom. The van der Waals surface area contributed by atoms with Crippen molar-refractivity contribution in [1.82, 2.24) is 4.98 Å². The van der Waals surface area contributed by atoms with Crippen molar-refractivity contribution in [2.45, 2.75) is 13.8 Å². The number of halogens is 1. The lowest BCUT2D eigenvalue weighted by molar-refractivity contribution is -0.133. The predicted molar refractivity (Wildman–Crippen MR) is 82.4 cm³/mol. The van der Waals surface area contributed by atoms with E-state index in [1.165, 1.54) is 0 Å². The van der Waals surface area contributed by atoms with Gasteiger partial charge in [0.1, 0.15) is 5.82 Å². The van der Waals surface area contributed by atoms with E-state index in [1.54, 1.807) is 43.3 Å². The summed E-state index contributed by atoms with van der Waals surface area (Å²) in [6.45, 7) is 3.65. The number of nitrogens with one attached hydrogen (secondary N) is 2. The average Bonchev–Trinajstić information content (AvgIpc) is 2.43. The standard InChI is InChI=1S/C15H14ClN3O2/c1-9-6-7-11(8-12(9)16)18-14(20)15(21)19-13-5-3-4-10(2)17-13/h3-8H,1-2H3,(H,18,20)(H,17,19,21). The van der Waals surface area contributed by atoms with Gasteiger partial charge in [-0.25, -0.2) is 4.98 Å². The zero-order chi connectivity index (χ0) is 15.4. The Balaban J connectivity index is 2.02. The van der Waals surface area contributed by atoms with Crippen LogP contribution in [0.3, 0.4) is 0 Å². The van der Waals surface area contributed by atoms with Crippen molar-refractivity contribution in [2.75, 3.05) is 10.6 Å². The van der Waals surface area contributed by atoms with Gasteiger partial charge in [-0.3, -0.25) is 9.59 Å². The molecule has 0 unspecified atom stereocenters. The van der Waals surface area contributed by atoms with Crippen LogP contribution in [0.15, 0.2) is 36.4 Å². The molecule has 0 fully saturated rings. The Hall–Kier alpha value is -2.40. The monoisotopic (exact) mass is 303 g/mol. The summed E-state index contributed by atoms with van der Waals surface area (Å²) in [6.07, 6.45) is 0. The number of carbonyl (C=O) groups is 2. The van der Waals surface area contributed by atoms with Crippen LogP contribution >= 0.6 is 11.6 Å². The SMILES string of the molecule is Cc1cccc(NC(=O)C(=O)Nc2ccc(C)c(Cl)c2)n1. The van der Waals surface area contributed by atoms with Crippen LogP contribution in [0.1, 0.15) is 11.3 Å². The second kappa shape index (κ2) is 6.37. The van der Waals surface area contributed by atoms with E-state index in [-0.39, 0.29) is 0 Å². The van der Waals surface area contributed by atoms with Gasteiger partial charge in [0.15, 0.2) is 0 Å². The Morgan fingerprint density at radius 1 is 1.05 bits per heavy atom. The third-order valence-electron chi connectivity index (χ3n) is 2.77. The first kappa shape index (κ1) is 15.0. The molecule has 2 N–H and O–H groups in total. The molecular weight excluding hydrogens is 290 g/mol. The fraction of sp³-hybridized carbons (Fsp3) is 0.133. The van der Waals surface area contributed by atoms with Crippen molar-refractivity contribution in [3.8, 4) is 0 Å². The summed E-state index contributed by atoms with van der Waals surface area (Å²) >= 11 is 5.96. The maximum atomic E-state index is 11.8. The van der Waals surface area contributed by atoms with E-state index in [1.807, 2.05) is 6.92 Å². The molecule has 0 radical (unpaired) electrons. The van der Waals surface area contributed by atoms with Crippen molar-refractivity contribution >= 4 is 34.9 Å². The van der Waals surface area contributed by atoms with Crippen molar-refractivity contribution in [2.24, 2.45) is 0 Å². The van der Waals surface area contributed by atoms with Gasteiger partial charge < -0.3 is 10.6 Å². The summed E-state index contributed by atoms with van der Waals surface area (Å²) in [5.41, 5.74) is 2.10. The molecule has 0 aliphatic carbocycles. The number of anilines is 2. The minimum absolute atomic E-state index is 0.331. The molecule has 1 heterocycles. The van der Waals surface area contributed by atoms with Gasteiger partial charge in [0.05, 0.1) is 0 Å². The first-order valence-corrected chi connectivity index (χ1v) is 6.65. The number of amides is 2. The van der Waals surface area contributed by atoms with Crippen LogP contribution in [0.2, 0.25) is 5.02 Å². The van der Waals surface area contributed by atoms with E-state index in [0.29, 0.717) is 16.5 Å². The van der Waals surface area contributed by atoms with Crippen molar-refractivity contribution in [3.05, 3.63) is 52.7 Å².